The number of hydrogen-bond donors (Lipinski definition) is 1. The zero-order chi connectivity index (χ0) is 12.7. The summed E-state index contributed by atoms with van der Waals surface area (Å²) in [4.78, 5) is 24.4. The summed E-state index contributed by atoms with van der Waals surface area (Å²) in [6, 6.07) is 0. The maximum absolute atomic E-state index is 11.9. The van der Waals surface area contributed by atoms with E-state index in [9.17, 15) is 9.59 Å². The molecule has 0 aliphatic carbocycles. The second kappa shape index (κ2) is 4.34. The molecule has 2 aliphatic rings. The van der Waals surface area contributed by atoms with Crippen LogP contribution in [-0.4, -0.2) is 45.2 Å². The summed E-state index contributed by atoms with van der Waals surface area (Å²) >= 11 is 1.55. The molecule has 2 rings (SSSR count). The molecule has 1 fully saturated rings. The first-order valence-electron chi connectivity index (χ1n) is 5.46. The number of thioether (sulfide) groups is 1. The van der Waals surface area contributed by atoms with E-state index in [0.717, 1.165) is 5.57 Å². The van der Waals surface area contributed by atoms with Gasteiger partial charge >= 0.3 is 5.97 Å². The molecule has 0 unspecified atom stereocenters. The topological polar surface area (TPSA) is 66.8 Å². The molecule has 5 nitrogen and oxygen atoms in total. The number of aliphatic carboxylic acids is 1. The highest BCUT2D eigenvalue weighted by Gasteiger charge is 2.54. The van der Waals surface area contributed by atoms with Gasteiger partial charge in [0.15, 0.2) is 6.10 Å². The third kappa shape index (κ3) is 1.95. The number of carbonyl (C=O) groups excluding carboxylic acids is 1. The fourth-order valence-electron chi connectivity index (χ4n) is 2.03. The van der Waals surface area contributed by atoms with Gasteiger partial charge < -0.3 is 9.84 Å². The molecule has 2 atom stereocenters. The van der Waals surface area contributed by atoms with Crippen LogP contribution in [0.25, 0.3) is 0 Å². The predicted octanol–water partition coefficient (Wildman–Crippen LogP) is 1.05. The monoisotopic (exact) mass is 257 g/mol. The molecule has 0 aromatic carbocycles. The molecule has 0 aromatic heterocycles. The molecule has 17 heavy (non-hydrogen) atoms. The van der Waals surface area contributed by atoms with Crippen LogP contribution in [0.2, 0.25) is 0 Å². The Morgan fingerprint density at radius 3 is 2.76 bits per heavy atom. The number of carbonyl (C=O) groups is 2. The molecule has 1 N–H and O–H groups in total. The van der Waals surface area contributed by atoms with Gasteiger partial charge in [0.1, 0.15) is 11.1 Å². The number of amides is 1. The number of β-lactam (4-membered cyclic amide) rings is 1. The van der Waals surface area contributed by atoms with Gasteiger partial charge in [0.05, 0.1) is 6.10 Å². The molecule has 2 heterocycles. The first-order valence-corrected chi connectivity index (χ1v) is 6.51. The number of carboxylic acid groups (broad SMARTS) is 1. The van der Waals surface area contributed by atoms with Crippen LogP contribution in [0.3, 0.4) is 0 Å². The van der Waals surface area contributed by atoms with E-state index in [-0.39, 0.29) is 23.1 Å². The van der Waals surface area contributed by atoms with Gasteiger partial charge in [0.25, 0.3) is 5.91 Å². The average Bonchev–Trinajstić information content (AvgIpc) is 2.24. The smallest absolute Gasteiger partial charge is 0.352 e. The van der Waals surface area contributed by atoms with Gasteiger partial charge in [-0.15, -0.1) is 11.8 Å². The first kappa shape index (κ1) is 12.4. The van der Waals surface area contributed by atoms with Gasteiger partial charge in [0.2, 0.25) is 0 Å². The quantitative estimate of drug-likeness (QED) is 0.766. The zero-order valence-corrected chi connectivity index (χ0v) is 10.8. The highest BCUT2D eigenvalue weighted by atomic mass is 32.2. The Balaban J connectivity index is 2.21. The summed E-state index contributed by atoms with van der Waals surface area (Å²) in [6.45, 7) is 5.47. The molecule has 2 aliphatic heterocycles. The van der Waals surface area contributed by atoms with E-state index in [4.69, 9.17) is 9.84 Å². The minimum Gasteiger partial charge on any atom is -0.477 e. The van der Waals surface area contributed by atoms with Gasteiger partial charge in [-0.3, -0.25) is 9.69 Å². The molecule has 0 saturated carbocycles. The van der Waals surface area contributed by atoms with Crippen molar-refractivity contribution in [3.05, 3.63) is 11.3 Å². The molecular formula is C11H15NO4S. The van der Waals surface area contributed by atoms with E-state index >= 15 is 0 Å². The Kier molecular flexibility index (Phi) is 3.18. The number of nitrogens with zero attached hydrogens (tertiary/aromatic N) is 1. The largest absolute Gasteiger partial charge is 0.477 e. The molecule has 0 bridgehead atoms. The van der Waals surface area contributed by atoms with Crippen molar-refractivity contribution in [3.8, 4) is 0 Å². The van der Waals surface area contributed by atoms with Crippen LogP contribution in [0.4, 0.5) is 0 Å². The number of hydrogen-bond acceptors (Lipinski definition) is 4. The summed E-state index contributed by atoms with van der Waals surface area (Å²) in [7, 11) is 0. The van der Waals surface area contributed by atoms with E-state index in [1.165, 1.54) is 4.90 Å². The minimum absolute atomic E-state index is 0.0352. The lowest BCUT2D eigenvalue weighted by atomic mass is 10.1. The van der Waals surface area contributed by atoms with Gasteiger partial charge in [-0.2, -0.15) is 0 Å². The fourth-order valence-corrected chi connectivity index (χ4v) is 3.30. The molecular weight excluding hydrogens is 242 g/mol. The van der Waals surface area contributed by atoms with E-state index in [2.05, 4.69) is 0 Å². The van der Waals surface area contributed by atoms with E-state index in [1.807, 2.05) is 13.8 Å². The van der Waals surface area contributed by atoms with Crippen molar-refractivity contribution in [2.75, 3.05) is 5.75 Å². The van der Waals surface area contributed by atoms with E-state index in [1.54, 1.807) is 18.7 Å². The van der Waals surface area contributed by atoms with E-state index in [0.29, 0.717) is 5.75 Å². The lowest BCUT2D eigenvalue weighted by Crippen LogP contribution is -2.66. The van der Waals surface area contributed by atoms with Crippen LogP contribution in [-0.2, 0) is 14.3 Å². The SMILES string of the molecule is CC1=C(C(=O)O)N2C(=O)[C@@H](OC(C)C)[C@H]2SC1. The Hall–Kier alpha value is -1.01. The van der Waals surface area contributed by atoms with Crippen LogP contribution >= 0.6 is 11.8 Å². The molecule has 1 amide bonds. The second-order valence-electron chi connectivity index (χ2n) is 4.45. The molecule has 6 heteroatoms. The standard InChI is InChI=1S/C11H15NO4S/c1-5(2)16-8-9(13)12-7(11(14)15)6(3)4-17-10(8)12/h5,8,10H,4H2,1-3H3,(H,14,15)/t8-,10-/m1/s1. The predicted molar refractivity (Wildman–Crippen MR) is 63.4 cm³/mol. The summed E-state index contributed by atoms with van der Waals surface area (Å²) in [5, 5.41) is 8.93. The molecule has 0 spiro atoms. The first-order chi connectivity index (χ1) is 7.93. The highest BCUT2D eigenvalue weighted by Crippen LogP contribution is 2.41. The Morgan fingerprint density at radius 2 is 2.24 bits per heavy atom. The van der Waals surface area contributed by atoms with Gasteiger partial charge in [-0.05, 0) is 26.3 Å². The van der Waals surface area contributed by atoms with Gasteiger partial charge in [-0.25, -0.2) is 4.79 Å². The van der Waals surface area contributed by atoms with Crippen LogP contribution in [0.1, 0.15) is 20.8 Å². The zero-order valence-electron chi connectivity index (χ0n) is 9.97. The Bertz CT molecular complexity index is 404. The minimum atomic E-state index is -1.04. The highest BCUT2D eigenvalue weighted by molar-refractivity contribution is 8.00. The maximum Gasteiger partial charge on any atom is 0.352 e. The van der Waals surface area contributed by atoms with Crippen molar-refractivity contribution in [2.45, 2.75) is 38.4 Å². The lowest BCUT2D eigenvalue weighted by Gasteiger charge is -2.49. The van der Waals surface area contributed by atoms with Crippen LogP contribution in [0.5, 0.6) is 0 Å². The van der Waals surface area contributed by atoms with Crippen LogP contribution < -0.4 is 0 Å². The lowest BCUT2D eigenvalue weighted by molar-refractivity contribution is -0.168. The van der Waals surface area contributed by atoms with Gasteiger partial charge in [0, 0.05) is 5.75 Å². The Morgan fingerprint density at radius 1 is 1.59 bits per heavy atom. The normalized spacial score (nSPS) is 28.2. The van der Waals surface area contributed by atoms with Crippen molar-refractivity contribution in [1.29, 1.82) is 0 Å². The number of rotatable bonds is 3. The summed E-state index contributed by atoms with van der Waals surface area (Å²) in [5.74, 6) is -0.648. The molecule has 0 radical (unpaired) electrons. The van der Waals surface area contributed by atoms with Crippen molar-refractivity contribution in [2.24, 2.45) is 0 Å². The van der Waals surface area contributed by atoms with Crippen LogP contribution in [0.15, 0.2) is 11.3 Å². The summed E-state index contributed by atoms with van der Waals surface area (Å²) in [5.41, 5.74) is 0.859. The fraction of sp³-hybridized carbons (Fsp3) is 0.636. The average molecular weight is 257 g/mol. The van der Waals surface area contributed by atoms with Crippen molar-refractivity contribution < 1.29 is 19.4 Å². The van der Waals surface area contributed by atoms with Crippen molar-refractivity contribution >= 4 is 23.6 Å². The second-order valence-corrected chi connectivity index (χ2v) is 5.55. The summed E-state index contributed by atoms with van der Waals surface area (Å²) < 4.78 is 5.50. The van der Waals surface area contributed by atoms with Gasteiger partial charge in [-0.1, -0.05) is 0 Å². The molecule has 1 saturated heterocycles. The number of carboxylic acids is 1. The number of ether oxygens (including phenoxy) is 1. The maximum atomic E-state index is 11.9. The molecule has 94 valence electrons. The van der Waals surface area contributed by atoms with Crippen molar-refractivity contribution in [1.82, 2.24) is 4.90 Å². The van der Waals surface area contributed by atoms with E-state index < -0.39 is 12.1 Å². The third-order valence-corrected chi connectivity index (χ3v) is 4.13. The Labute approximate surface area is 104 Å². The van der Waals surface area contributed by atoms with Crippen molar-refractivity contribution in [3.63, 3.8) is 0 Å². The summed E-state index contributed by atoms with van der Waals surface area (Å²) in [6.07, 6.45) is -0.533. The van der Waals surface area contributed by atoms with Crippen LogP contribution in [0, 0.1) is 0 Å². The third-order valence-electron chi connectivity index (χ3n) is 2.73. The number of fused-ring (bicyclic) bond motifs is 1. The molecule has 0 aromatic rings.